The zero-order chi connectivity index (χ0) is 9.14. The number of anilines is 1. The van der Waals surface area contributed by atoms with Crippen LogP contribution in [0.4, 0.5) is 5.82 Å². The molecule has 12 heavy (non-hydrogen) atoms. The molecule has 0 aliphatic heterocycles. The summed E-state index contributed by atoms with van der Waals surface area (Å²) in [4.78, 5) is 18.1. The molecule has 4 nitrogen and oxygen atoms in total. The van der Waals surface area contributed by atoms with Crippen LogP contribution in [0.25, 0.3) is 0 Å². The fraction of sp³-hybridized carbons (Fsp3) is 0.500. The highest BCUT2D eigenvalue weighted by atomic mass is 16.1. The molecule has 0 bridgehead atoms. The minimum Gasteiger partial charge on any atom is -0.373 e. The Hall–Kier alpha value is -1.32. The molecular weight excluding hydrogens is 154 g/mol. The number of hydrogen-bond acceptors (Lipinski definition) is 3. The van der Waals surface area contributed by atoms with E-state index in [1.165, 1.54) is 0 Å². The monoisotopic (exact) mass is 167 g/mol. The van der Waals surface area contributed by atoms with Crippen molar-refractivity contribution in [3.63, 3.8) is 0 Å². The van der Waals surface area contributed by atoms with Crippen LogP contribution in [0.1, 0.15) is 18.3 Å². The van der Waals surface area contributed by atoms with E-state index in [2.05, 4.69) is 15.3 Å². The summed E-state index contributed by atoms with van der Waals surface area (Å²) in [6, 6.07) is 0. The van der Waals surface area contributed by atoms with Gasteiger partial charge in [0.1, 0.15) is 11.6 Å². The van der Waals surface area contributed by atoms with Crippen molar-refractivity contribution < 1.29 is 0 Å². The summed E-state index contributed by atoms with van der Waals surface area (Å²) in [6.07, 6.45) is 0.740. The van der Waals surface area contributed by atoms with Crippen molar-refractivity contribution in [2.24, 2.45) is 0 Å². The highest BCUT2D eigenvalue weighted by molar-refractivity contribution is 5.40. The van der Waals surface area contributed by atoms with Gasteiger partial charge in [0.25, 0.3) is 5.56 Å². The van der Waals surface area contributed by atoms with Crippen molar-refractivity contribution in [2.45, 2.75) is 20.3 Å². The molecule has 0 unspecified atom stereocenters. The van der Waals surface area contributed by atoms with Crippen LogP contribution in [0, 0.1) is 6.92 Å². The third kappa shape index (κ3) is 1.47. The summed E-state index contributed by atoms with van der Waals surface area (Å²) in [6.45, 7) is 3.70. The zero-order valence-electron chi connectivity index (χ0n) is 7.56. The van der Waals surface area contributed by atoms with Crippen molar-refractivity contribution in [2.75, 3.05) is 12.4 Å². The highest BCUT2D eigenvalue weighted by Gasteiger charge is 2.03. The Labute approximate surface area is 71.0 Å². The number of H-pyrrole nitrogens is 1. The Morgan fingerprint density at radius 3 is 2.75 bits per heavy atom. The first-order valence-corrected chi connectivity index (χ1v) is 3.96. The van der Waals surface area contributed by atoms with E-state index in [1.54, 1.807) is 14.0 Å². The van der Waals surface area contributed by atoms with Gasteiger partial charge in [0.2, 0.25) is 0 Å². The van der Waals surface area contributed by atoms with E-state index in [0.717, 1.165) is 12.2 Å². The smallest absolute Gasteiger partial charge is 0.255 e. The molecule has 0 aliphatic carbocycles. The van der Waals surface area contributed by atoms with Crippen LogP contribution in [-0.4, -0.2) is 17.0 Å². The fourth-order valence-electron chi connectivity index (χ4n) is 0.990. The predicted molar refractivity (Wildman–Crippen MR) is 48.5 cm³/mol. The highest BCUT2D eigenvalue weighted by Crippen LogP contribution is 2.04. The molecule has 4 heteroatoms. The number of hydrogen-bond donors (Lipinski definition) is 2. The topological polar surface area (TPSA) is 57.8 Å². The van der Waals surface area contributed by atoms with Gasteiger partial charge in [-0.15, -0.1) is 0 Å². The Balaban J connectivity index is 3.29. The van der Waals surface area contributed by atoms with Gasteiger partial charge in [0.15, 0.2) is 0 Å². The number of nitrogens with zero attached hydrogens (tertiary/aromatic N) is 1. The average molecular weight is 167 g/mol. The standard InChI is InChI=1S/C8H13N3O/c1-4-6-10-7(9-3)5(2)8(12)11-6/h4H2,1-3H3,(H2,9,10,11,12). The molecule has 0 radical (unpaired) electrons. The molecule has 1 aromatic rings. The largest absolute Gasteiger partial charge is 0.373 e. The molecule has 0 atom stereocenters. The molecule has 1 rings (SSSR count). The molecular formula is C8H13N3O. The van der Waals surface area contributed by atoms with Gasteiger partial charge >= 0.3 is 0 Å². The summed E-state index contributed by atoms with van der Waals surface area (Å²) in [5, 5.41) is 2.88. The van der Waals surface area contributed by atoms with Crippen LogP contribution < -0.4 is 10.9 Å². The fourth-order valence-corrected chi connectivity index (χ4v) is 0.990. The molecule has 0 amide bonds. The number of rotatable bonds is 2. The van der Waals surface area contributed by atoms with Crippen LogP contribution in [0.2, 0.25) is 0 Å². The van der Waals surface area contributed by atoms with E-state index in [9.17, 15) is 4.79 Å². The molecule has 1 aromatic heterocycles. The van der Waals surface area contributed by atoms with Crippen LogP contribution in [0.3, 0.4) is 0 Å². The third-order valence-corrected chi connectivity index (χ3v) is 1.77. The van der Waals surface area contributed by atoms with Gasteiger partial charge in [-0.25, -0.2) is 4.98 Å². The first-order valence-electron chi connectivity index (χ1n) is 3.96. The second-order valence-corrected chi connectivity index (χ2v) is 2.59. The summed E-state index contributed by atoms with van der Waals surface area (Å²) in [5.74, 6) is 1.38. The van der Waals surface area contributed by atoms with Gasteiger partial charge in [0.05, 0.1) is 5.56 Å². The lowest BCUT2D eigenvalue weighted by Gasteiger charge is -2.04. The lowest BCUT2D eigenvalue weighted by atomic mass is 10.3. The predicted octanol–water partition coefficient (Wildman–Crippen LogP) is 0.682. The number of aromatic nitrogens is 2. The second-order valence-electron chi connectivity index (χ2n) is 2.59. The minimum atomic E-state index is -0.0637. The minimum absolute atomic E-state index is 0.0637. The van der Waals surface area contributed by atoms with Crippen molar-refractivity contribution in [3.8, 4) is 0 Å². The van der Waals surface area contributed by atoms with Crippen LogP contribution >= 0.6 is 0 Å². The Morgan fingerprint density at radius 1 is 1.58 bits per heavy atom. The Kier molecular flexibility index (Phi) is 2.47. The quantitative estimate of drug-likeness (QED) is 0.681. The van der Waals surface area contributed by atoms with Crippen molar-refractivity contribution in [1.29, 1.82) is 0 Å². The molecule has 0 saturated carbocycles. The van der Waals surface area contributed by atoms with Gasteiger partial charge < -0.3 is 10.3 Å². The van der Waals surface area contributed by atoms with Crippen LogP contribution in [0.5, 0.6) is 0 Å². The number of aryl methyl sites for hydroxylation is 1. The van der Waals surface area contributed by atoms with Crippen LogP contribution in [-0.2, 0) is 6.42 Å². The zero-order valence-corrected chi connectivity index (χ0v) is 7.56. The lowest BCUT2D eigenvalue weighted by molar-refractivity contribution is 0.910. The second kappa shape index (κ2) is 3.38. The van der Waals surface area contributed by atoms with Crippen molar-refractivity contribution in [1.82, 2.24) is 9.97 Å². The van der Waals surface area contributed by atoms with Gasteiger partial charge in [-0.3, -0.25) is 4.79 Å². The van der Waals surface area contributed by atoms with E-state index in [0.29, 0.717) is 11.4 Å². The third-order valence-electron chi connectivity index (χ3n) is 1.77. The van der Waals surface area contributed by atoms with E-state index in [-0.39, 0.29) is 5.56 Å². The molecule has 2 N–H and O–H groups in total. The Morgan fingerprint density at radius 2 is 2.25 bits per heavy atom. The molecule has 1 heterocycles. The lowest BCUT2D eigenvalue weighted by Crippen LogP contribution is -2.16. The first-order chi connectivity index (χ1) is 5.69. The molecule has 66 valence electrons. The van der Waals surface area contributed by atoms with Gasteiger partial charge in [0, 0.05) is 13.5 Å². The molecule has 0 aromatic carbocycles. The van der Waals surface area contributed by atoms with E-state index in [1.807, 2.05) is 6.92 Å². The maximum absolute atomic E-state index is 11.2. The molecule has 0 saturated heterocycles. The summed E-state index contributed by atoms with van der Waals surface area (Å²) < 4.78 is 0. The maximum Gasteiger partial charge on any atom is 0.255 e. The summed E-state index contributed by atoms with van der Waals surface area (Å²) >= 11 is 0. The summed E-state index contributed by atoms with van der Waals surface area (Å²) in [5.41, 5.74) is 0.570. The van der Waals surface area contributed by atoms with Crippen molar-refractivity contribution >= 4 is 5.82 Å². The number of nitrogens with one attached hydrogen (secondary N) is 2. The molecule has 0 spiro atoms. The normalized spacial score (nSPS) is 9.92. The van der Waals surface area contributed by atoms with E-state index in [4.69, 9.17) is 0 Å². The first kappa shape index (κ1) is 8.77. The van der Waals surface area contributed by atoms with E-state index >= 15 is 0 Å². The van der Waals surface area contributed by atoms with Gasteiger partial charge in [-0.05, 0) is 6.92 Å². The SMILES string of the molecule is CCc1nc(NC)c(C)c(=O)[nH]1. The number of aromatic amines is 1. The van der Waals surface area contributed by atoms with Crippen molar-refractivity contribution in [3.05, 3.63) is 21.7 Å². The molecule has 0 fully saturated rings. The van der Waals surface area contributed by atoms with Crippen LogP contribution in [0.15, 0.2) is 4.79 Å². The maximum atomic E-state index is 11.2. The van der Waals surface area contributed by atoms with Gasteiger partial charge in [-0.1, -0.05) is 6.92 Å². The molecule has 0 aliphatic rings. The summed E-state index contributed by atoms with van der Waals surface area (Å²) in [7, 11) is 1.76. The van der Waals surface area contributed by atoms with E-state index < -0.39 is 0 Å². The average Bonchev–Trinajstić information content (AvgIpc) is 2.09. The Bertz CT molecular complexity index is 330. The van der Waals surface area contributed by atoms with Gasteiger partial charge in [-0.2, -0.15) is 0 Å².